The highest BCUT2D eigenvalue weighted by Crippen LogP contribution is 2.38. The van der Waals surface area contributed by atoms with Crippen LogP contribution >= 0.6 is 0 Å². The molecule has 0 fully saturated rings. The summed E-state index contributed by atoms with van der Waals surface area (Å²) in [5, 5.41) is 3.33. The first-order chi connectivity index (χ1) is 13.1. The number of carbonyl (C=O) groups excluding carboxylic acids is 2. The molecule has 0 saturated carbocycles. The number of aryl methyl sites for hydroxylation is 1. The number of Topliss-reactive ketones (excluding diaryl/α,β-unsaturated/α-hetero) is 1. The lowest BCUT2D eigenvalue weighted by molar-refractivity contribution is 0.0909. The van der Waals surface area contributed by atoms with Crippen molar-refractivity contribution in [3.8, 4) is 5.69 Å². The molecule has 1 aliphatic rings. The molecule has 0 bridgehead atoms. The predicted octanol–water partition coefficient (Wildman–Crippen LogP) is 3.01. The molecule has 1 aromatic carbocycles. The summed E-state index contributed by atoms with van der Waals surface area (Å²) in [5.41, 5.74) is 10.5. The van der Waals surface area contributed by atoms with E-state index in [1.54, 1.807) is 6.07 Å². The van der Waals surface area contributed by atoms with Gasteiger partial charge in [-0.05, 0) is 56.6 Å². The quantitative estimate of drug-likeness (QED) is 0.805. The number of hydrogen-bond acceptors (Lipinski definition) is 4. The summed E-state index contributed by atoms with van der Waals surface area (Å²) in [6.07, 6.45) is 3.43. The average Bonchev–Trinajstić information content (AvgIpc) is 2.89. The highest BCUT2D eigenvalue weighted by molar-refractivity contribution is 6.01. The van der Waals surface area contributed by atoms with Crippen molar-refractivity contribution in [3.63, 3.8) is 0 Å². The summed E-state index contributed by atoms with van der Waals surface area (Å²) < 4.78 is 2.09. The second-order valence-electron chi connectivity index (χ2n) is 8.77. The number of hydrogen-bond donors (Lipinski definition) is 2. The van der Waals surface area contributed by atoms with Crippen molar-refractivity contribution in [3.05, 3.63) is 46.8 Å². The van der Waals surface area contributed by atoms with Gasteiger partial charge in [0.15, 0.2) is 5.78 Å². The van der Waals surface area contributed by atoms with Crippen molar-refractivity contribution in [2.45, 2.75) is 33.6 Å². The van der Waals surface area contributed by atoms with E-state index in [1.165, 1.54) is 0 Å². The Kier molecular flexibility index (Phi) is 5.35. The van der Waals surface area contributed by atoms with Crippen molar-refractivity contribution in [2.75, 3.05) is 32.5 Å². The van der Waals surface area contributed by atoms with Crippen LogP contribution in [0.2, 0.25) is 0 Å². The van der Waals surface area contributed by atoms with Gasteiger partial charge in [0.2, 0.25) is 0 Å². The van der Waals surface area contributed by atoms with E-state index in [-0.39, 0.29) is 11.2 Å². The van der Waals surface area contributed by atoms with E-state index in [0.29, 0.717) is 24.2 Å². The van der Waals surface area contributed by atoms with Crippen molar-refractivity contribution < 1.29 is 9.59 Å². The standard InChI is InChI=1S/C22H30N4O2/c1-14-13-26(18-11-22(2,3)12-19(27)20(14)18)15-6-7-16(21(23)28)17(10-15)24-8-9-25(4)5/h6-7,10,13,24H,8-9,11-12H2,1-5H3,(H2,23,28). The van der Waals surface area contributed by atoms with E-state index in [9.17, 15) is 9.59 Å². The third-order valence-corrected chi connectivity index (χ3v) is 5.28. The second kappa shape index (κ2) is 7.43. The minimum atomic E-state index is -0.457. The van der Waals surface area contributed by atoms with Gasteiger partial charge < -0.3 is 20.5 Å². The van der Waals surface area contributed by atoms with E-state index in [2.05, 4.69) is 28.6 Å². The normalized spacial score (nSPS) is 15.6. The molecule has 150 valence electrons. The first kappa shape index (κ1) is 20.1. The fourth-order valence-corrected chi connectivity index (χ4v) is 3.97. The topological polar surface area (TPSA) is 80.4 Å². The Labute approximate surface area is 166 Å². The van der Waals surface area contributed by atoms with Crippen molar-refractivity contribution in [2.24, 2.45) is 11.1 Å². The van der Waals surface area contributed by atoms with Crippen LogP contribution in [0.4, 0.5) is 5.69 Å². The zero-order chi connectivity index (χ0) is 20.6. The number of fused-ring (bicyclic) bond motifs is 1. The van der Waals surface area contributed by atoms with Gasteiger partial charge in [0.05, 0.1) is 5.56 Å². The smallest absolute Gasteiger partial charge is 0.250 e. The molecule has 1 heterocycles. The van der Waals surface area contributed by atoms with E-state index in [1.807, 2.05) is 39.3 Å². The molecule has 28 heavy (non-hydrogen) atoms. The Bertz CT molecular complexity index is 925. The van der Waals surface area contributed by atoms with E-state index >= 15 is 0 Å². The van der Waals surface area contributed by atoms with Crippen LogP contribution < -0.4 is 11.1 Å². The number of amides is 1. The van der Waals surface area contributed by atoms with Crippen molar-refractivity contribution in [1.82, 2.24) is 9.47 Å². The molecule has 0 unspecified atom stereocenters. The third kappa shape index (κ3) is 3.97. The molecule has 6 heteroatoms. The van der Waals surface area contributed by atoms with Crippen LogP contribution in [-0.4, -0.2) is 48.3 Å². The number of carbonyl (C=O) groups is 2. The molecule has 0 radical (unpaired) electrons. The van der Waals surface area contributed by atoms with E-state index < -0.39 is 5.91 Å². The van der Waals surface area contributed by atoms with Crippen molar-refractivity contribution >= 4 is 17.4 Å². The van der Waals surface area contributed by atoms with Gasteiger partial charge >= 0.3 is 0 Å². The Hall–Kier alpha value is -2.60. The number of nitrogens with two attached hydrogens (primary N) is 1. The lowest BCUT2D eigenvalue weighted by Crippen LogP contribution is -2.28. The predicted molar refractivity (Wildman–Crippen MR) is 113 cm³/mol. The SMILES string of the molecule is Cc1cn(-c2ccc(C(N)=O)c(NCCN(C)C)c2)c2c1C(=O)CC(C)(C)C2. The first-order valence-electron chi connectivity index (χ1n) is 9.66. The number of anilines is 1. The van der Waals surface area contributed by atoms with Gasteiger partial charge in [0.1, 0.15) is 0 Å². The maximum absolute atomic E-state index is 12.7. The minimum Gasteiger partial charge on any atom is -0.383 e. The lowest BCUT2D eigenvalue weighted by atomic mass is 9.75. The number of nitrogens with zero attached hydrogens (tertiary/aromatic N) is 2. The Balaban J connectivity index is 2.04. The van der Waals surface area contributed by atoms with Crippen LogP contribution in [0.5, 0.6) is 0 Å². The van der Waals surface area contributed by atoms with Gasteiger partial charge in [-0.2, -0.15) is 0 Å². The third-order valence-electron chi connectivity index (χ3n) is 5.28. The fourth-order valence-electron chi connectivity index (χ4n) is 3.97. The Morgan fingerprint density at radius 2 is 2.00 bits per heavy atom. The largest absolute Gasteiger partial charge is 0.383 e. The van der Waals surface area contributed by atoms with Crippen LogP contribution in [0.25, 0.3) is 5.69 Å². The molecule has 1 amide bonds. The molecule has 2 aromatic rings. The number of aromatic nitrogens is 1. The van der Waals surface area contributed by atoms with Crippen molar-refractivity contribution in [1.29, 1.82) is 0 Å². The molecule has 1 aliphatic carbocycles. The lowest BCUT2D eigenvalue weighted by Gasteiger charge is -2.30. The average molecular weight is 383 g/mol. The molecule has 0 aliphatic heterocycles. The highest BCUT2D eigenvalue weighted by Gasteiger charge is 2.34. The van der Waals surface area contributed by atoms with Gasteiger partial charge in [0, 0.05) is 48.3 Å². The van der Waals surface area contributed by atoms with E-state index in [4.69, 9.17) is 5.73 Å². The van der Waals surface area contributed by atoms with Gasteiger partial charge in [-0.25, -0.2) is 0 Å². The zero-order valence-electron chi connectivity index (χ0n) is 17.4. The van der Waals surface area contributed by atoms with Gasteiger partial charge in [-0.1, -0.05) is 13.8 Å². The molecule has 0 atom stereocenters. The van der Waals surface area contributed by atoms with Gasteiger partial charge in [0.25, 0.3) is 5.91 Å². The summed E-state index contributed by atoms with van der Waals surface area (Å²) in [6, 6.07) is 5.59. The molecule has 1 aromatic heterocycles. The van der Waals surface area contributed by atoms with Gasteiger partial charge in [-0.3, -0.25) is 9.59 Å². The molecular formula is C22H30N4O2. The maximum atomic E-state index is 12.7. The van der Waals surface area contributed by atoms with Crippen LogP contribution in [0, 0.1) is 12.3 Å². The molecule has 0 spiro atoms. The first-order valence-corrected chi connectivity index (χ1v) is 9.66. The maximum Gasteiger partial charge on any atom is 0.250 e. The fraction of sp³-hybridized carbons (Fsp3) is 0.455. The molecule has 6 nitrogen and oxygen atoms in total. The Morgan fingerprint density at radius 3 is 2.64 bits per heavy atom. The number of rotatable bonds is 6. The summed E-state index contributed by atoms with van der Waals surface area (Å²) >= 11 is 0. The molecule has 0 saturated heterocycles. The summed E-state index contributed by atoms with van der Waals surface area (Å²) in [7, 11) is 4.00. The van der Waals surface area contributed by atoms with Crippen LogP contribution in [-0.2, 0) is 6.42 Å². The summed E-state index contributed by atoms with van der Waals surface area (Å²) in [4.78, 5) is 26.6. The second-order valence-corrected chi connectivity index (χ2v) is 8.77. The summed E-state index contributed by atoms with van der Waals surface area (Å²) in [6.45, 7) is 7.78. The van der Waals surface area contributed by atoms with Crippen LogP contribution in [0.15, 0.2) is 24.4 Å². The molecule has 3 N–H and O–H groups in total. The zero-order valence-corrected chi connectivity index (χ0v) is 17.4. The number of nitrogens with one attached hydrogen (secondary N) is 1. The minimum absolute atomic E-state index is 0.0629. The van der Waals surface area contributed by atoms with E-state index in [0.717, 1.165) is 35.5 Å². The van der Waals surface area contributed by atoms with Crippen LogP contribution in [0.3, 0.4) is 0 Å². The monoisotopic (exact) mass is 382 g/mol. The highest BCUT2D eigenvalue weighted by atomic mass is 16.1. The number of benzene rings is 1. The summed E-state index contributed by atoms with van der Waals surface area (Å²) in [5.74, 6) is -0.249. The molecular weight excluding hydrogens is 352 g/mol. The molecule has 3 rings (SSSR count). The number of likely N-dealkylation sites (N-methyl/N-ethyl adjacent to an activating group) is 1. The Morgan fingerprint density at radius 1 is 1.29 bits per heavy atom. The number of primary amides is 1. The number of ketones is 1. The van der Waals surface area contributed by atoms with Gasteiger partial charge in [-0.15, -0.1) is 0 Å². The van der Waals surface area contributed by atoms with Crippen LogP contribution in [0.1, 0.15) is 52.2 Å².